The minimum atomic E-state index is -0.153. The molecule has 1 spiro atoms. The average Bonchev–Trinajstić information content (AvgIpc) is 2.91. The number of halogens is 1. The van der Waals surface area contributed by atoms with E-state index in [1.807, 2.05) is 6.07 Å². The molecule has 0 unspecified atom stereocenters. The van der Waals surface area contributed by atoms with Crippen LogP contribution in [-0.4, -0.2) is 51.2 Å². The summed E-state index contributed by atoms with van der Waals surface area (Å²) in [6.07, 6.45) is 2.16. The van der Waals surface area contributed by atoms with Gasteiger partial charge in [0.1, 0.15) is 17.5 Å². The van der Waals surface area contributed by atoms with Gasteiger partial charge in [-0.15, -0.1) is 10.2 Å². The SMILES string of the molecule is Cc1nnc2n1C1(CCN(Cc3cccc(F)c3)CC1)CN(C)C2. The Morgan fingerprint density at radius 1 is 1.21 bits per heavy atom. The second-order valence-corrected chi connectivity index (χ2v) is 7.30. The number of nitrogens with zero attached hydrogens (tertiary/aromatic N) is 5. The highest BCUT2D eigenvalue weighted by molar-refractivity contribution is 5.16. The summed E-state index contributed by atoms with van der Waals surface area (Å²) < 4.78 is 15.8. The molecule has 1 saturated heterocycles. The van der Waals surface area contributed by atoms with Gasteiger partial charge < -0.3 is 4.57 Å². The molecule has 0 aliphatic carbocycles. The third-order valence-corrected chi connectivity index (χ3v) is 5.42. The fourth-order valence-electron chi connectivity index (χ4n) is 4.40. The molecular weight excluding hydrogens is 305 g/mol. The topological polar surface area (TPSA) is 37.2 Å². The zero-order chi connectivity index (χ0) is 16.7. The largest absolute Gasteiger partial charge is 0.306 e. The van der Waals surface area contributed by atoms with Crippen LogP contribution in [0.2, 0.25) is 0 Å². The molecule has 0 saturated carbocycles. The number of benzene rings is 1. The number of likely N-dealkylation sites (tertiary alicyclic amines) is 1. The number of fused-ring (bicyclic) bond motifs is 2. The lowest BCUT2D eigenvalue weighted by molar-refractivity contribution is 0.0462. The van der Waals surface area contributed by atoms with Crippen LogP contribution in [0.15, 0.2) is 24.3 Å². The molecule has 2 aromatic rings. The van der Waals surface area contributed by atoms with Gasteiger partial charge in [0.05, 0.1) is 12.1 Å². The van der Waals surface area contributed by atoms with E-state index in [0.29, 0.717) is 0 Å². The molecule has 1 aromatic carbocycles. The molecule has 0 N–H and O–H groups in total. The Morgan fingerprint density at radius 3 is 2.75 bits per heavy atom. The van der Waals surface area contributed by atoms with E-state index >= 15 is 0 Å². The molecule has 128 valence electrons. The number of rotatable bonds is 2. The van der Waals surface area contributed by atoms with E-state index in [1.165, 1.54) is 6.07 Å². The summed E-state index contributed by atoms with van der Waals surface area (Å²) in [7, 11) is 2.16. The second kappa shape index (κ2) is 5.93. The van der Waals surface area contributed by atoms with E-state index in [2.05, 4.69) is 38.5 Å². The molecule has 2 aliphatic heterocycles. The van der Waals surface area contributed by atoms with Crippen molar-refractivity contribution in [2.75, 3.05) is 26.7 Å². The first-order valence-electron chi connectivity index (χ1n) is 8.62. The van der Waals surface area contributed by atoms with Gasteiger partial charge in [0.25, 0.3) is 0 Å². The molecule has 0 radical (unpaired) electrons. The Labute approximate surface area is 142 Å². The van der Waals surface area contributed by atoms with Gasteiger partial charge in [-0.2, -0.15) is 0 Å². The first kappa shape index (κ1) is 15.7. The molecule has 1 aromatic heterocycles. The van der Waals surface area contributed by atoms with Gasteiger partial charge in [-0.05, 0) is 44.5 Å². The van der Waals surface area contributed by atoms with Crippen LogP contribution >= 0.6 is 0 Å². The zero-order valence-electron chi connectivity index (χ0n) is 14.4. The Bertz CT molecular complexity index is 733. The maximum absolute atomic E-state index is 13.4. The first-order chi connectivity index (χ1) is 11.6. The lowest BCUT2D eigenvalue weighted by Gasteiger charge is -2.48. The van der Waals surface area contributed by atoms with Crippen molar-refractivity contribution in [3.63, 3.8) is 0 Å². The van der Waals surface area contributed by atoms with E-state index in [-0.39, 0.29) is 11.4 Å². The van der Waals surface area contributed by atoms with Gasteiger partial charge in [0.15, 0.2) is 0 Å². The third-order valence-electron chi connectivity index (χ3n) is 5.42. The smallest absolute Gasteiger partial charge is 0.147 e. The van der Waals surface area contributed by atoms with Crippen LogP contribution in [-0.2, 0) is 18.6 Å². The van der Waals surface area contributed by atoms with Crippen molar-refractivity contribution >= 4 is 0 Å². The van der Waals surface area contributed by atoms with Crippen LogP contribution in [0, 0.1) is 12.7 Å². The molecule has 6 heteroatoms. The molecule has 2 aliphatic rings. The van der Waals surface area contributed by atoms with Crippen molar-refractivity contribution in [3.05, 3.63) is 47.3 Å². The maximum Gasteiger partial charge on any atom is 0.147 e. The van der Waals surface area contributed by atoms with Crippen molar-refractivity contribution in [2.45, 2.75) is 38.4 Å². The highest BCUT2D eigenvalue weighted by atomic mass is 19.1. The molecule has 0 atom stereocenters. The Hall–Kier alpha value is -1.79. The normalized spacial score (nSPS) is 21.1. The quantitative estimate of drug-likeness (QED) is 0.846. The second-order valence-electron chi connectivity index (χ2n) is 7.30. The minimum Gasteiger partial charge on any atom is -0.306 e. The van der Waals surface area contributed by atoms with Crippen molar-refractivity contribution < 1.29 is 4.39 Å². The summed E-state index contributed by atoms with van der Waals surface area (Å²) in [4.78, 5) is 4.78. The average molecular weight is 329 g/mol. The number of aromatic nitrogens is 3. The number of piperidine rings is 1. The van der Waals surface area contributed by atoms with Gasteiger partial charge in [0.2, 0.25) is 0 Å². The molecule has 5 nitrogen and oxygen atoms in total. The predicted octanol–water partition coefficient (Wildman–Crippen LogP) is 2.16. The summed E-state index contributed by atoms with van der Waals surface area (Å²) >= 11 is 0. The summed E-state index contributed by atoms with van der Waals surface area (Å²) in [5.41, 5.74) is 1.15. The minimum absolute atomic E-state index is 0.106. The van der Waals surface area contributed by atoms with E-state index in [9.17, 15) is 4.39 Å². The summed E-state index contributed by atoms with van der Waals surface area (Å²) in [6, 6.07) is 6.94. The highest BCUT2D eigenvalue weighted by Crippen LogP contribution is 2.36. The summed E-state index contributed by atoms with van der Waals surface area (Å²) in [6.45, 7) is 6.82. The zero-order valence-corrected chi connectivity index (χ0v) is 14.4. The summed E-state index contributed by atoms with van der Waals surface area (Å²) in [5.74, 6) is 1.95. The van der Waals surface area contributed by atoms with Crippen molar-refractivity contribution in [3.8, 4) is 0 Å². The fourth-order valence-corrected chi connectivity index (χ4v) is 4.40. The van der Waals surface area contributed by atoms with Crippen LogP contribution in [0.25, 0.3) is 0 Å². The predicted molar refractivity (Wildman–Crippen MR) is 90.0 cm³/mol. The molecule has 0 amide bonds. The highest BCUT2D eigenvalue weighted by Gasteiger charge is 2.42. The Morgan fingerprint density at radius 2 is 2.00 bits per heavy atom. The van der Waals surface area contributed by atoms with Crippen LogP contribution in [0.1, 0.15) is 30.1 Å². The summed E-state index contributed by atoms with van der Waals surface area (Å²) in [5, 5.41) is 8.68. The van der Waals surface area contributed by atoms with E-state index in [4.69, 9.17) is 0 Å². The van der Waals surface area contributed by atoms with Crippen LogP contribution in [0.4, 0.5) is 4.39 Å². The van der Waals surface area contributed by atoms with Crippen LogP contribution in [0.3, 0.4) is 0 Å². The number of aryl methyl sites for hydroxylation is 1. The molecule has 4 rings (SSSR count). The van der Waals surface area contributed by atoms with Gasteiger partial charge >= 0.3 is 0 Å². The van der Waals surface area contributed by atoms with E-state index in [1.54, 1.807) is 12.1 Å². The van der Waals surface area contributed by atoms with Gasteiger partial charge in [-0.25, -0.2) is 4.39 Å². The monoisotopic (exact) mass is 329 g/mol. The van der Waals surface area contributed by atoms with Crippen LogP contribution in [0.5, 0.6) is 0 Å². The van der Waals surface area contributed by atoms with Gasteiger partial charge in [-0.1, -0.05) is 12.1 Å². The van der Waals surface area contributed by atoms with Crippen molar-refractivity contribution in [1.82, 2.24) is 24.6 Å². The van der Waals surface area contributed by atoms with E-state index < -0.39 is 0 Å². The molecule has 0 bridgehead atoms. The number of hydrogen-bond donors (Lipinski definition) is 0. The van der Waals surface area contributed by atoms with Gasteiger partial charge in [0, 0.05) is 26.2 Å². The molecule has 1 fully saturated rings. The molecule has 24 heavy (non-hydrogen) atoms. The van der Waals surface area contributed by atoms with Crippen molar-refractivity contribution in [1.29, 1.82) is 0 Å². The number of hydrogen-bond acceptors (Lipinski definition) is 4. The number of likely N-dealkylation sites (N-methyl/N-ethyl adjacent to an activating group) is 1. The maximum atomic E-state index is 13.4. The van der Waals surface area contributed by atoms with E-state index in [0.717, 1.165) is 62.8 Å². The standard InChI is InChI=1S/C18H24FN5/c1-14-20-21-17-12-22(2)13-18(24(14)17)6-8-23(9-7-18)11-15-4-3-5-16(19)10-15/h3-5,10H,6-9,11-13H2,1-2H3. The van der Waals surface area contributed by atoms with Gasteiger partial charge in [-0.3, -0.25) is 9.80 Å². The van der Waals surface area contributed by atoms with Crippen molar-refractivity contribution in [2.24, 2.45) is 0 Å². The molecule has 3 heterocycles. The lowest BCUT2D eigenvalue weighted by Crippen LogP contribution is -2.55. The molecular formula is C18H24FN5. The Balaban J connectivity index is 1.50. The fraction of sp³-hybridized carbons (Fsp3) is 0.556. The first-order valence-corrected chi connectivity index (χ1v) is 8.62. The third kappa shape index (κ3) is 2.74. The Kier molecular flexibility index (Phi) is 3.89. The lowest BCUT2D eigenvalue weighted by atomic mass is 9.84. The van der Waals surface area contributed by atoms with Crippen LogP contribution < -0.4 is 0 Å².